The highest BCUT2D eigenvalue weighted by atomic mass is 28.3. The maximum atomic E-state index is 11.7. The van der Waals surface area contributed by atoms with Crippen LogP contribution in [0.2, 0.25) is 25.2 Å². The Hall–Kier alpha value is -1.29. The molecule has 1 rings (SSSR count). The fourth-order valence-corrected chi connectivity index (χ4v) is 4.63. The Morgan fingerprint density at radius 2 is 2.32 bits per heavy atom. The summed E-state index contributed by atoms with van der Waals surface area (Å²) in [6.45, 7) is 10.8. The van der Waals surface area contributed by atoms with Gasteiger partial charge in [-0.1, -0.05) is 49.5 Å². The first-order valence-corrected chi connectivity index (χ1v) is 10.2. The van der Waals surface area contributed by atoms with E-state index in [1.165, 1.54) is 6.04 Å². The molecule has 0 spiro atoms. The quantitative estimate of drug-likeness (QED) is 0.482. The van der Waals surface area contributed by atoms with E-state index in [1.807, 2.05) is 19.1 Å². The van der Waals surface area contributed by atoms with Crippen LogP contribution in [0.15, 0.2) is 36.5 Å². The van der Waals surface area contributed by atoms with Gasteiger partial charge >= 0.3 is 6.09 Å². The average Bonchev–Trinajstić information content (AvgIpc) is 2.47. The van der Waals surface area contributed by atoms with Crippen molar-refractivity contribution in [2.75, 3.05) is 6.54 Å². The molecule has 0 radical (unpaired) electrons. The molecule has 0 aromatic carbocycles. The highest BCUT2D eigenvalue weighted by Crippen LogP contribution is 2.25. The van der Waals surface area contributed by atoms with Crippen LogP contribution in [0.1, 0.15) is 13.3 Å². The van der Waals surface area contributed by atoms with Gasteiger partial charge in [0.15, 0.2) is 0 Å². The van der Waals surface area contributed by atoms with Gasteiger partial charge in [-0.15, -0.1) is 0 Å². The van der Waals surface area contributed by atoms with Gasteiger partial charge in [-0.25, -0.2) is 4.79 Å². The molecule has 0 fully saturated rings. The van der Waals surface area contributed by atoms with Crippen LogP contribution in [-0.2, 0) is 4.74 Å². The van der Waals surface area contributed by atoms with Crippen LogP contribution in [0.25, 0.3) is 0 Å². The third-order valence-corrected chi connectivity index (χ3v) is 6.41. The molecule has 1 amide bonds. The first-order chi connectivity index (χ1) is 8.93. The largest absolute Gasteiger partial charge is 0.442 e. The fourth-order valence-electron chi connectivity index (χ4n) is 2.17. The van der Waals surface area contributed by atoms with Crippen molar-refractivity contribution in [3.63, 3.8) is 0 Å². The first-order valence-electron chi connectivity index (χ1n) is 6.82. The number of hydrogen-bond donors (Lipinski definition) is 1. The van der Waals surface area contributed by atoms with Gasteiger partial charge in [0.05, 0.1) is 8.07 Å². The van der Waals surface area contributed by atoms with E-state index in [4.69, 9.17) is 4.74 Å². The Bertz CT molecular complexity index is 386. The van der Waals surface area contributed by atoms with Gasteiger partial charge in [-0.3, -0.25) is 0 Å². The van der Waals surface area contributed by atoms with E-state index in [-0.39, 0.29) is 12.2 Å². The van der Waals surface area contributed by atoms with Crippen LogP contribution in [0, 0.1) is 0 Å². The van der Waals surface area contributed by atoms with Crippen molar-refractivity contribution in [1.29, 1.82) is 0 Å². The van der Waals surface area contributed by atoms with Crippen LogP contribution < -0.4 is 5.32 Å². The number of carbonyl (C=O) groups excluding carboxylic acids is 1. The number of amides is 1. The van der Waals surface area contributed by atoms with Crippen LogP contribution in [-0.4, -0.2) is 26.8 Å². The first kappa shape index (κ1) is 15.8. The molecule has 4 heteroatoms. The molecule has 0 bridgehead atoms. The van der Waals surface area contributed by atoms with Crippen molar-refractivity contribution >= 4 is 14.2 Å². The summed E-state index contributed by atoms with van der Waals surface area (Å²) in [7, 11) is -1.22. The molecular weight excluding hydrogens is 254 g/mol. The standard InChI is InChI=1S/C15H25NO2Si/c1-5-8-13(2)11-16-15(17)18-14-9-6-7-10-19(3,4)12-14/h5-6,8-9,14H,1,7,10-12H2,2-4H3,(H,16,17)/b13-8+/t14-/m0/s1. The van der Waals surface area contributed by atoms with Crippen LogP contribution in [0.5, 0.6) is 0 Å². The lowest BCUT2D eigenvalue weighted by Crippen LogP contribution is -2.34. The average molecular weight is 279 g/mol. The molecule has 1 N–H and O–H groups in total. The topological polar surface area (TPSA) is 38.3 Å². The molecule has 0 aromatic rings. The van der Waals surface area contributed by atoms with Crippen molar-refractivity contribution in [2.45, 2.75) is 44.6 Å². The summed E-state index contributed by atoms with van der Waals surface area (Å²) in [5.74, 6) is 0. The van der Waals surface area contributed by atoms with E-state index in [1.54, 1.807) is 6.08 Å². The van der Waals surface area contributed by atoms with Gasteiger partial charge in [0.25, 0.3) is 0 Å². The Kier molecular flexibility index (Phi) is 6.08. The van der Waals surface area contributed by atoms with E-state index < -0.39 is 8.07 Å². The second kappa shape index (κ2) is 7.33. The lowest BCUT2D eigenvalue weighted by Gasteiger charge is -2.24. The van der Waals surface area contributed by atoms with Crippen molar-refractivity contribution in [3.05, 3.63) is 36.5 Å². The predicted octanol–water partition coefficient (Wildman–Crippen LogP) is 3.88. The number of carbonyl (C=O) groups is 1. The van der Waals surface area contributed by atoms with Crippen molar-refractivity contribution in [2.24, 2.45) is 0 Å². The molecule has 1 atom stereocenters. The number of ether oxygens (including phenoxy) is 1. The highest BCUT2D eigenvalue weighted by molar-refractivity contribution is 6.77. The molecular formula is C15H25NO2Si. The maximum absolute atomic E-state index is 11.7. The molecule has 1 aliphatic heterocycles. The summed E-state index contributed by atoms with van der Waals surface area (Å²) >= 11 is 0. The third-order valence-electron chi connectivity index (χ3n) is 3.26. The summed E-state index contributed by atoms with van der Waals surface area (Å²) in [5.41, 5.74) is 1.05. The normalized spacial score (nSPS) is 22.5. The van der Waals surface area contributed by atoms with Gasteiger partial charge < -0.3 is 10.1 Å². The van der Waals surface area contributed by atoms with E-state index >= 15 is 0 Å². The number of rotatable bonds is 4. The van der Waals surface area contributed by atoms with Gasteiger partial charge in [0.2, 0.25) is 0 Å². The number of hydrogen-bond acceptors (Lipinski definition) is 2. The van der Waals surface area contributed by atoms with E-state index in [0.29, 0.717) is 6.54 Å². The lowest BCUT2D eigenvalue weighted by atomic mass is 10.3. The van der Waals surface area contributed by atoms with E-state index in [9.17, 15) is 4.79 Å². The molecule has 106 valence electrons. The molecule has 0 unspecified atom stereocenters. The molecule has 3 nitrogen and oxygen atoms in total. The zero-order valence-corrected chi connectivity index (χ0v) is 13.2. The monoisotopic (exact) mass is 279 g/mol. The Balaban J connectivity index is 2.43. The summed E-state index contributed by atoms with van der Waals surface area (Å²) in [6.07, 6.45) is 8.48. The third kappa shape index (κ3) is 6.43. The summed E-state index contributed by atoms with van der Waals surface area (Å²) in [5, 5.41) is 2.77. The Morgan fingerprint density at radius 1 is 1.58 bits per heavy atom. The minimum atomic E-state index is -1.22. The van der Waals surface area contributed by atoms with Crippen molar-refractivity contribution in [3.8, 4) is 0 Å². The SMILES string of the molecule is C=C/C=C(\C)CNC(=O)O[C@H]1C=CCC[Si](C)(C)C1. The zero-order valence-electron chi connectivity index (χ0n) is 12.2. The van der Waals surface area contributed by atoms with Crippen molar-refractivity contribution in [1.82, 2.24) is 5.32 Å². The second-order valence-corrected chi connectivity index (χ2v) is 11.1. The molecule has 19 heavy (non-hydrogen) atoms. The van der Waals surface area contributed by atoms with Crippen LogP contribution in [0.3, 0.4) is 0 Å². The van der Waals surface area contributed by atoms with Crippen molar-refractivity contribution < 1.29 is 9.53 Å². The molecule has 0 saturated heterocycles. The van der Waals surface area contributed by atoms with Gasteiger partial charge in [0.1, 0.15) is 6.10 Å². The molecule has 0 aliphatic carbocycles. The fraction of sp³-hybridized carbons (Fsp3) is 0.533. The number of nitrogens with one attached hydrogen (secondary N) is 1. The van der Waals surface area contributed by atoms with Crippen LogP contribution in [0.4, 0.5) is 4.79 Å². The van der Waals surface area contributed by atoms with Gasteiger partial charge in [0, 0.05) is 6.54 Å². The Morgan fingerprint density at radius 3 is 3.00 bits per heavy atom. The minimum absolute atomic E-state index is 0.0622. The van der Waals surface area contributed by atoms with E-state index in [0.717, 1.165) is 18.0 Å². The molecule has 0 aromatic heterocycles. The molecule has 1 heterocycles. The summed E-state index contributed by atoms with van der Waals surface area (Å²) in [6, 6.07) is 2.28. The number of allylic oxidation sites excluding steroid dienone is 3. The summed E-state index contributed by atoms with van der Waals surface area (Å²) in [4.78, 5) is 11.7. The number of alkyl carbamates (subject to hydrolysis) is 1. The van der Waals surface area contributed by atoms with Crippen LogP contribution >= 0.6 is 0 Å². The smallest absolute Gasteiger partial charge is 0.407 e. The maximum Gasteiger partial charge on any atom is 0.407 e. The molecule has 0 saturated carbocycles. The predicted molar refractivity (Wildman–Crippen MR) is 83.1 cm³/mol. The second-order valence-electron chi connectivity index (χ2n) is 5.88. The van der Waals surface area contributed by atoms with Gasteiger partial charge in [-0.2, -0.15) is 0 Å². The highest BCUT2D eigenvalue weighted by Gasteiger charge is 2.27. The van der Waals surface area contributed by atoms with E-state index in [2.05, 4.69) is 31.1 Å². The molecule has 1 aliphatic rings. The lowest BCUT2D eigenvalue weighted by molar-refractivity contribution is 0.127. The van der Waals surface area contributed by atoms with Gasteiger partial charge in [-0.05, 0) is 25.5 Å². The minimum Gasteiger partial charge on any atom is -0.442 e. The zero-order chi connectivity index (χ0) is 14.3. The Labute approximate surface area is 117 Å². The summed E-state index contributed by atoms with van der Waals surface area (Å²) < 4.78 is 5.48.